The van der Waals surface area contributed by atoms with Gasteiger partial charge >= 0.3 is 0 Å². The molecule has 32 heavy (non-hydrogen) atoms. The molecule has 2 heterocycles. The van der Waals surface area contributed by atoms with Crippen molar-refractivity contribution in [3.63, 3.8) is 0 Å². The van der Waals surface area contributed by atoms with Crippen LogP contribution in [0.5, 0.6) is 5.75 Å². The molecule has 4 rings (SSSR count). The number of carbonyl (C=O) groups excluding carboxylic acids is 1. The average molecular weight is 429 g/mol. The fraction of sp³-hybridized carbons (Fsp3) is 0.231. The molecule has 6 heteroatoms. The Morgan fingerprint density at radius 2 is 1.81 bits per heavy atom. The molecule has 1 amide bonds. The highest BCUT2D eigenvalue weighted by Crippen LogP contribution is 2.17. The van der Waals surface area contributed by atoms with Crippen molar-refractivity contribution < 1.29 is 9.53 Å². The largest absolute Gasteiger partial charge is 0.487 e. The summed E-state index contributed by atoms with van der Waals surface area (Å²) in [6, 6.07) is 19.7. The second-order valence-electron chi connectivity index (χ2n) is 8.15. The molecule has 0 saturated carbocycles. The van der Waals surface area contributed by atoms with E-state index in [1.807, 2.05) is 85.2 Å². The smallest absolute Gasteiger partial charge is 0.251 e. The molecule has 2 N–H and O–H groups in total. The van der Waals surface area contributed by atoms with Gasteiger partial charge in [0.05, 0.1) is 5.69 Å². The van der Waals surface area contributed by atoms with E-state index in [4.69, 9.17) is 4.74 Å². The van der Waals surface area contributed by atoms with Crippen molar-refractivity contribution in [2.24, 2.45) is 0 Å². The van der Waals surface area contributed by atoms with E-state index in [9.17, 15) is 4.79 Å². The summed E-state index contributed by atoms with van der Waals surface area (Å²) in [5.74, 6) is 0.754. The van der Waals surface area contributed by atoms with E-state index in [2.05, 4.69) is 28.6 Å². The van der Waals surface area contributed by atoms with Crippen molar-refractivity contribution in [1.82, 2.24) is 14.7 Å². The van der Waals surface area contributed by atoms with Gasteiger partial charge in [-0.05, 0) is 74.4 Å². The van der Waals surface area contributed by atoms with Crippen LogP contribution in [0.4, 0.5) is 5.69 Å². The average Bonchev–Trinajstić information content (AvgIpc) is 3.21. The molecule has 2 aromatic carbocycles. The maximum atomic E-state index is 12.0. The third kappa shape index (κ3) is 5.27. The van der Waals surface area contributed by atoms with Gasteiger partial charge in [-0.1, -0.05) is 18.2 Å². The van der Waals surface area contributed by atoms with Crippen LogP contribution >= 0.6 is 0 Å². The highest BCUT2D eigenvalue weighted by atomic mass is 16.5. The van der Waals surface area contributed by atoms with Gasteiger partial charge in [0.2, 0.25) is 0 Å². The monoisotopic (exact) mass is 428 g/mol. The first-order chi connectivity index (χ1) is 15.5. The highest BCUT2D eigenvalue weighted by molar-refractivity contribution is 5.94. The molecule has 0 radical (unpaired) electrons. The fourth-order valence-corrected chi connectivity index (χ4v) is 3.42. The minimum absolute atomic E-state index is 0.0547. The Bertz CT molecular complexity index is 1190. The van der Waals surface area contributed by atoms with Gasteiger partial charge in [-0.3, -0.25) is 4.79 Å². The van der Waals surface area contributed by atoms with Gasteiger partial charge < -0.3 is 19.8 Å². The molecular formula is C26H28N4O2. The first-order valence-corrected chi connectivity index (χ1v) is 10.8. The Morgan fingerprint density at radius 1 is 1.06 bits per heavy atom. The number of benzene rings is 2. The molecule has 0 spiro atoms. The summed E-state index contributed by atoms with van der Waals surface area (Å²) >= 11 is 0. The molecule has 6 nitrogen and oxygen atoms in total. The second-order valence-corrected chi connectivity index (χ2v) is 8.15. The minimum Gasteiger partial charge on any atom is -0.487 e. The van der Waals surface area contributed by atoms with Gasteiger partial charge in [0.1, 0.15) is 18.0 Å². The van der Waals surface area contributed by atoms with Gasteiger partial charge in [-0.15, -0.1) is 0 Å². The number of fused-ring (bicyclic) bond motifs is 1. The fourth-order valence-electron chi connectivity index (χ4n) is 3.42. The van der Waals surface area contributed by atoms with Gasteiger partial charge in [-0.25, -0.2) is 4.98 Å². The number of rotatable bonds is 8. The zero-order chi connectivity index (χ0) is 22.5. The Hall–Kier alpha value is -3.80. The van der Waals surface area contributed by atoms with Crippen molar-refractivity contribution in [1.29, 1.82) is 0 Å². The van der Waals surface area contributed by atoms with Crippen molar-refractivity contribution in [2.45, 2.75) is 40.0 Å². The Morgan fingerprint density at radius 3 is 2.50 bits per heavy atom. The van der Waals surface area contributed by atoms with Crippen LogP contribution in [0.2, 0.25) is 0 Å². The molecule has 0 unspecified atom stereocenters. The number of nitrogens with zero attached hydrogens (tertiary/aromatic N) is 2. The number of amides is 1. The van der Waals surface area contributed by atoms with Crippen LogP contribution in [0.25, 0.3) is 5.65 Å². The Kier molecular flexibility index (Phi) is 6.40. The minimum atomic E-state index is -0.0547. The standard InChI is InChI=1S/C26H28N4O2/c1-18(2)28-26(31)21-8-10-22(11-9-21)27-15-20-6-12-24(13-7-20)32-17-23-16-30-14-4-5-19(3)25(30)29-23/h4-14,16,18,27H,15,17H2,1-3H3,(H,28,31). The van der Waals surface area contributed by atoms with E-state index in [-0.39, 0.29) is 11.9 Å². The van der Waals surface area contributed by atoms with E-state index in [1.165, 1.54) is 0 Å². The maximum absolute atomic E-state index is 12.0. The van der Waals surface area contributed by atoms with E-state index in [0.29, 0.717) is 18.7 Å². The van der Waals surface area contributed by atoms with Crippen molar-refractivity contribution in [3.05, 3.63) is 95.4 Å². The van der Waals surface area contributed by atoms with Gasteiger partial charge in [0, 0.05) is 36.2 Å². The van der Waals surface area contributed by atoms with Gasteiger partial charge in [0.15, 0.2) is 0 Å². The first kappa shape index (κ1) is 21.4. The molecule has 0 aliphatic rings. The number of aromatic nitrogens is 2. The molecule has 0 aliphatic carbocycles. The number of carbonyl (C=O) groups is 1. The number of pyridine rings is 1. The summed E-state index contributed by atoms with van der Waals surface area (Å²) < 4.78 is 7.93. The zero-order valence-corrected chi connectivity index (χ0v) is 18.6. The van der Waals surface area contributed by atoms with Crippen LogP contribution < -0.4 is 15.4 Å². The number of aryl methyl sites for hydroxylation is 1. The van der Waals surface area contributed by atoms with Crippen molar-refractivity contribution >= 4 is 17.2 Å². The van der Waals surface area contributed by atoms with Crippen molar-refractivity contribution in [2.75, 3.05) is 5.32 Å². The third-order valence-electron chi connectivity index (χ3n) is 5.10. The Labute approximate surface area is 188 Å². The number of imidazole rings is 1. The van der Waals surface area contributed by atoms with Crippen LogP contribution in [0.15, 0.2) is 73.1 Å². The van der Waals surface area contributed by atoms with Gasteiger partial charge in [0.25, 0.3) is 5.91 Å². The summed E-state index contributed by atoms with van der Waals surface area (Å²) in [7, 11) is 0. The van der Waals surface area contributed by atoms with Crippen LogP contribution in [0.1, 0.15) is 41.0 Å². The quantitative estimate of drug-likeness (QED) is 0.416. The molecule has 2 aromatic heterocycles. The lowest BCUT2D eigenvalue weighted by atomic mass is 10.1. The molecule has 164 valence electrons. The summed E-state index contributed by atoms with van der Waals surface area (Å²) in [5.41, 5.74) is 5.77. The summed E-state index contributed by atoms with van der Waals surface area (Å²) in [5, 5.41) is 6.28. The normalized spacial score (nSPS) is 11.0. The van der Waals surface area contributed by atoms with E-state index < -0.39 is 0 Å². The predicted molar refractivity (Wildman–Crippen MR) is 127 cm³/mol. The molecular weight excluding hydrogens is 400 g/mol. The number of hydrogen-bond donors (Lipinski definition) is 2. The number of anilines is 1. The molecule has 0 atom stereocenters. The summed E-state index contributed by atoms with van der Waals surface area (Å²) in [6.45, 7) is 7.06. The SMILES string of the molecule is Cc1cccn2cc(COc3ccc(CNc4ccc(C(=O)NC(C)C)cc4)cc3)nc12. The number of ether oxygens (including phenoxy) is 1. The molecule has 4 aromatic rings. The molecule has 0 fully saturated rings. The lowest BCUT2D eigenvalue weighted by molar-refractivity contribution is 0.0943. The second kappa shape index (κ2) is 9.56. The number of nitrogens with one attached hydrogen (secondary N) is 2. The topological polar surface area (TPSA) is 67.7 Å². The molecule has 0 saturated heterocycles. The van der Waals surface area contributed by atoms with Crippen LogP contribution in [0, 0.1) is 6.92 Å². The van der Waals surface area contributed by atoms with Crippen LogP contribution in [0.3, 0.4) is 0 Å². The van der Waals surface area contributed by atoms with Crippen LogP contribution in [-0.2, 0) is 13.2 Å². The number of hydrogen-bond acceptors (Lipinski definition) is 4. The van der Waals surface area contributed by atoms with E-state index in [1.54, 1.807) is 0 Å². The highest BCUT2D eigenvalue weighted by Gasteiger charge is 2.07. The zero-order valence-electron chi connectivity index (χ0n) is 18.6. The van der Waals surface area contributed by atoms with E-state index >= 15 is 0 Å². The Balaban J connectivity index is 1.29. The first-order valence-electron chi connectivity index (χ1n) is 10.8. The predicted octanol–water partition coefficient (Wildman–Crippen LogP) is 4.97. The maximum Gasteiger partial charge on any atom is 0.251 e. The van der Waals surface area contributed by atoms with Crippen LogP contribution in [-0.4, -0.2) is 21.3 Å². The van der Waals surface area contributed by atoms with E-state index in [0.717, 1.165) is 33.9 Å². The lowest BCUT2D eigenvalue weighted by Crippen LogP contribution is -2.29. The molecule has 0 aliphatic heterocycles. The van der Waals surface area contributed by atoms with Gasteiger partial charge in [-0.2, -0.15) is 0 Å². The lowest BCUT2D eigenvalue weighted by Gasteiger charge is -2.10. The summed E-state index contributed by atoms with van der Waals surface area (Å²) in [6.07, 6.45) is 3.99. The third-order valence-corrected chi connectivity index (χ3v) is 5.10. The summed E-state index contributed by atoms with van der Waals surface area (Å²) in [4.78, 5) is 16.7. The molecule has 0 bridgehead atoms. The van der Waals surface area contributed by atoms with Crippen molar-refractivity contribution in [3.8, 4) is 5.75 Å².